The Morgan fingerprint density at radius 2 is 1.12 bits per heavy atom. The summed E-state index contributed by atoms with van der Waals surface area (Å²) in [5, 5.41) is 10.6. The molecule has 0 fully saturated rings. The highest BCUT2D eigenvalue weighted by Gasteiger charge is 2.39. The molecule has 232 valence electrons. The molecule has 1 heteroatoms. The van der Waals surface area contributed by atoms with E-state index in [2.05, 4.69) is 183 Å². The van der Waals surface area contributed by atoms with Crippen LogP contribution in [0.15, 0.2) is 158 Å². The van der Waals surface area contributed by atoms with Crippen molar-refractivity contribution >= 4 is 60.2 Å². The van der Waals surface area contributed by atoms with Crippen molar-refractivity contribution in [2.45, 2.75) is 26.2 Å². The lowest BCUT2D eigenvalue weighted by atomic mass is 9.77. The molecule has 0 aromatic heterocycles. The lowest BCUT2D eigenvalue weighted by molar-refractivity contribution is 0.666. The Morgan fingerprint density at radius 3 is 2.00 bits per heavy atom. The second kappa shape index (κ2) is 10.3. The number of fused-ring (bicyclic) bond motifs is 6. The molecule has 9 aromatic rings. The number of nitrogens with zero attached hydrogens (tertiary/aromatic N) is 1. The molecule has 1 aliphatic carbocycles. The number of anilines is 3. The highest BCUT2D eigenvalue weighted by molar-refractivity contribution is 6.31. The molecular formula is C48H35N. The third-order valence-corrected chi connectivity index (χ3v) is 11.1. The van der Waals surface area contributed by atoms with E-state index in [1.165, 1.54) is 93.4 Å². The molecule has 0 amide bonds. The maximum atomic E-state index is 2.46. The van der Waals surface area contributed by atoms with Gasteiger partial charge in [0.1, 0.15) is 0 Å². The maximum absolute atomic E-state index is 2.46. The number of aryl methyl sites for hydroxylation is 1. The maximum Gasteiger partial charge on any atom is 0.0490 e. The Hall–Kier alpha value is -5.92. The largest absolute Gasteiger partial charge is 0.310 e. The van der Waals surface area contributed by atoms with Crippen molar-refractivity contribution in [2.75, 3.05) is 4.90 Å². The molecule has 0 N–H and O–H groups in total. The monoisotopic (exact) mass is 625 g/mol. The molecule has 0 atom stereocenters. The summed E-state index contributed by atoms with van der Waals surface area (Å²) in [5.41, 5.74) is 12.7. The first-order valence-electron chi connectivity index (χ1n) is 17.3. The van der Waals surface area contributed by atoms with E-state index >= 15 is 0 Å². The average Bonchev–Trinajstić information content (AvgIpc) is 3.38. The number of benzene rings is 9. The molecular weight excluding hydrogens is 591 g/mol. The molecule has 0 saturated carbocycles. The SMILES string of the molecule is Cc1ccccc1N(c1ccccc1)c1ccc2c(c1)C(C)(C)c1c-2c2cccc3cc(-c4cccc5ccccc45)c4cccc1c4c32. The Kier molecular flexibility index (Phi) is 5.91. The fourth-order valence-electron chi connectivity index (χ4n) is 8.91. The predicted octanol–water partition coefficient (Wildman–Crippen LogP) is 13.5. The Bertz CT molecular complexity index is 2750. The quantitative estimate of drug-likeness (QED) is 0.176. The van der Waals surface area contributed by atoms with Crippen molar-refractivity contribution in [1.29, 1.82) is 0 Å². The molecule has 0 unspecified atom stereocenters. The van der Waals surface area contributed by atoms with Crippen molar-refractivity contribution in [1.82, 2.24) is 0 Å². The molecule has 1 aliphatic rings. The zero-order chi connectivity index (χ0) is 32.9. The van der Waals surface area contributed by atoms with E-state index in [4.69, 9.17) is 0 Å². The minimum absolute atomic E-state index is 0.210. The van der Waals surface area contributed by atoms with Crippen molar-refractivity contribution in [3.05, 3.63) is 174 Å². The van der Waals surface area contributed by atoms with Gasteiger partial charge in [0.25, 0.3) is 0 Å². The Balaban J connectivity index is 1.26. The fourth-order valence-corrected chi connectivity index (χ4v) is 8.91. The topological polar surface area (TPSA) is 3.24 Å². The second-order valence-corrected chi connectivity index (χ2v) is 14.1. The Morgan fingerprint density at radius 1 is 0.449 bits per heavy atom. The van der Waals surface area contributed by atoms with Crippen LogP contribution in [0, 0.1) is 6.92 Å². The van der Waals surface area contributed by atoms with Gasteiger partial charge in [-0.15, -0.1) is 0 Å². The van der Waals surface area contributed by atoms with Crippen molar-refractivity contribution in [3.63, 3.8) is 0 Å². The van der Waals surface area contributed by atoms with Crippen LogP contribution in [0.25, 0.3) is 65.3 Å². The minimum atomic E-state index is -0.210. The van der Waals surface area contributed by atoms with Crippen LogP contribution in [0.1, 0.15) is 30.5 Å². The van der Waals surface area contributed by atoms with Gasteiger partial charge in [-0.25, -0.2) is 0 Å². The molecule has 49 heavy (non-hydrogen) atoms. The summed E-state index contributed by atoms with van der Waals surface area (Å²) >= 11 is 0. The van der Waals surface area contributed by atoms with E-state index in [0.717, 1.165) is 5.69 Å². The molecule has 9 aromatic carbocycles. The van der Waals surface area contributed by atoms with Gasteiger partial charge in [-0.2, -0.15) is 0 Å². The predicted molar refractivity (Wildman–Crippen MR) is 210 cm³/mol. The smallest absolute Gasteiger partial charge is 0.0490 e. The second-order valence-electron chi connectivity index (χ2n) is 14.1. The van der Waals surface area contributed by atoms with E-state index in [-0.39, 0.29) is 5.41 Å². The fraction of sp³-hybridized carbons (Fsp3) is 0.0833. The first kappa shape index (κ1) is 28.1. The molecule has 0 spiro atoms. The van der Waals surface area contributed by atoms with E-state index in [9.17, 15) is 0 Å². The van der Waals surface area contributed by atoms with Gasteiger partial charge in [-0.1, -0.05) is 135 Å². The van der Waals surface area contributed by atoms with Crippen molar-refractivity contribution < 1.29 is 0 Å². The first-order chi connectivity index (χ1) is 24.0. The molecule has 0 saturated heterocycles. The highest BCUT2D eigenvalue weighted by atomic mass is 15.1. The third-order valence-electron chi connectivity index (χ3n) is 11.1. The van der Waals surface area contributed by atoms with Gasteiger partial charge in [0.05, 0.1) is 0 Å². The number of para-hydroxylation sites is 2. The summed E-state index contributed by atoms with van der Waals surface area (Å²) in [6.45, 7) is 7.06. The highest BCUT2D eigenvalue weighted by Crippen LogP contribution is 2.57. The zero-order valence-electron chi connectivity index (χ0n) is 28.0. The molecule has 0 aliphatic heterocycles. The average molecular weight is 626 g/mol. The van der Waals surface area contributed by atoms with Crippen LogP contribution in [0.4, 0.5) is 17.1 Å². The lowest BCUT2D eigenvalue weighted by Gasteiger charge is -2.29. The molecule has 10 rings (SSSR count). The van der Waals surface area contributed by atoms with E-state index in [1.807, 2.05) is 0 Å². The van der Waals surface area contributed by atoms with Crippen LogP contribution in [-0.2, 0) is 5.41 Å². The third kappa shape index (κ3) is 3.93. The van der Waals surface area contributed by atoms with Gasteiger partial charge in [-0.3, -0.25) is 0 Å². The van der Waals surface area contributed by atoms with Gasteiger partial charge in [0.15, 0.2) is 0 Å². The normalized spacial score (nSPS) is 13.4. The summed E-state index contributed by atoms with van der Waals surface area (Å²) in [4.78, 5) is 2.41. The summed E-state index contributed by atoms with van der Waals surface area (Å²) < 4.78 is 0. The van der Waals surface area contributed by atoms with Gasteiger partial charge in [-0.05, 0) is 125 Å². The number of hydrogen-bond donors (Lipinski definition) is 0. The molecule has 0 heterocycles. The number of hydrogen-bond acceptors (Lipinski definition) is 1. The first-order valence-corrected chi connectivity index (χ1v) is 17.3. The van der Waals surface area contributed by atoms with Crippen LogP contribution in [-0.4, -0.2) is 0 Å². The lowest BCUT2D eigenvalue weighted by Crippen LogP contribution is -2.17. The summed E-state index contributed by atoms with van der Waals surface area (Å²) in [5.74, 6) is 0. The Labute approximate surface area is 287 Å². The van der Waals surface area contributed by atoms with Crippen LogP contribution in [0.2, 0.25) is 0 Å². The summed E-state index contributed by atoms with van der Waals surface area (Å²) in [6.07, 6.45) is 0. The molecule has 0 bridgehead atoms. The molecule has 0 radical (unpaired) electrons. The van der Waals surface area contributed by atoms with Crippen LogP contribution >= 0.6 is 0 Å². The van der Waals surface area contributed by atoms with Crippen LogP contribution in [0.5, 0.6) is 0 Å². The standard InChI is InChI=1S/C48H35N/c1-30-14-7-10-25-43(30)49(33-18-5-4-6-19-33)34-26-27-38-42(29-34)48(2,3)47-40-24-13-22-37-41(36-21-11-16-31-15-8-9-20-35(31)36)28-32-17-12-23-39(46(38)47)44(32)45(37)40/h4-29H,1-3H3. The van der Waals surface area contributed by atoms with Crippen molar-refractivity contribution in [2.24, 2.45) is 0 Å². The van der Waals surface area contributed by atoms with Gasteiger partial charge < -0.3 is 4.90 Å². The van der Waals surface area contributed by atoms with Crippen LogP contribution in [0.3, 0.4) is 0 Å². The number of rotatable bonds is 4. The van der Waals surface area contributed by atoms with E-state index in [1.54, 1.807) is 0 Å². The van der Waals surface area contributed by atoms with Crippen LogP contribution < -0.4 is 4.90 Å². The van der Waals surface area contributed by atoms with Gasteiger partial charge >= 0.3 is 0 Å². The molecule has 1 nitrogen and oxygen atoms in total. The van der Waals surface area contributed by atoms with Crippen molar-refractivity contribution in [3.8, 4) is 22.3 Å². The van der Waals surface area contributed by atoms with Gasteiger partial charge in [0, 0.05) is 22.5 Å². The minimum Gasteiger partial charge on any atom is -0.310 e. The summed E-state index contributed by atoms with van der Waals surface area (Å²) in [6, 6.07) is 58.4. The van der Waals surface area contributed by atoms with Gasteiger partial charge in [0.2, 0.25) is 0 Å². The van der Waals surface area contributed by atoms with E-state index in [0.29, 0.717) is 0 Å². The summed E-state index contributed by atoms with van der Waals surface area (Å²) in [7, 11) is 0. The van der Waals surface area contributed by atoms with E-state index < -0.39 is 0 Å². The zero-order valence-corrected chi connectivity index (χ0v) is 28.0.